The number of nitrogens with one attached hydrogen (secondary N) is 1. The smallest absolute Gasteiger partial charge is 0.410 e. The number of carboxylic acid groups (broad SMARTS) is 1. The van der Waals surface area contributed by atoms with E-state index < -0.39 is 19.8 Å². The van der Waals surface area contributed by atoms with Crippen LogP contribution >= 0.6 is 0 Å². The van der Waals surface area contributed by atoms with Gasteiger partial charge in [-0.25, -0.2) is 29.5 Å². The van der Waals surface area contributed by atoms with E-state index in [1.807, 2.05) is 55.9 Å². The molecule has 4 aromatic heterocycles. The first-order chi connectivity index (χ1) is 25.7. The number of aromatic nitrogens is 7. The minimum absolute atomic E-state index is 0.179. The Labute approximate surface area is 316 Å². The normalized spacial score (nSPS) is 17.8. The van der Waals surface area contributed by atoms with E-state index in [1.54, 1.807) is 23.5 Å². The Bertz CT molecular complexity index is 2140. The summed E-state index contributed by atoms with van der Waals surface area (Å²) in [5.74, 6) is 1.91. The monoisotopic (exact) mass is 751 g/mol. The number of H-pyrrole nitrogens is 1. The number of imidazole rings is 2. The zero-order valence-corrected chi connectivity index (χ0v) is 32.9. The van der Waals surface area contributed by atoms with E-state index in [1.165, 1.54) is 4.90 Å². The molecule has 15 heteroatoms. The Kier molecular flexibility index (Phi) is 10.3. The summed E-state index contributed by atoms with van der Waals surface area (Å²) in [6.45, 7) is 14.6. The summed E-state index contributed by atoms with van der Waals surface area (Å²) >= 11 is 0. The molecule has 2 N–H and O–H groups in total. The molecule has 14 nitrogen and oxygen atoms in total. The van der Waals surface area contributed by atoms with Crippen LogP contribution in [0.25, 0.3) is 44.8 Å². The van der Waals surface area contributed by atoms with Crippen LogP contribution in [0.5, 0.6) is 0 Å². The predicted octanol–water partition coefficient (Wildman–Crippen LogP) is 8.14. The molecule has 7 rings (SSSR count). The van der Waals surface area contributed by atoms with Crippen molar-refractivity contribution in [1.82, 2.24) is 44.3 Å². The van der Waals surface area contributed by atoms with Crippen molar-refractivity contribution >= 4 is 31.0 Å². The highest BCUT2D eigenvalue weighted by Crippen LogP contribution is 2.36. The van der Waals surface area contributed by atoms with Gasteiger partial charge in [-0.1, -0.05) is 31.8 Å². The molecule has 0 radical (unpaired) electrons. The third kappa shape index (κ3) is 8.16. The number of amides is 2. The Morgan fingerprint density at radius 2 is 1.61 bits per heavy atom. The number of benzene rings is 1. The highest BCUT2D eigenvalue weighted by atomic mass is 28.3. The molecule has 2 aliphatic heterocycles. The standard InChI is InChI=1S/C39H49N9O5Si/c1-39(2,3)53-38(51)47-14-7-9-31(47)35-43-22-30(45-35)28-20-41-34(42-21-28)29-18-25-11-12-26(17-27(25)19-40-29)33-23-44-36(32-10-8-13-46(32)37(49)50)48(33)24-52-15-16-54(4,5)6/h11-12,17-23,31-32H,7-10,13-16,24H2,1-6H3,(H,43,45)(H,49,50)/t31-,32-/m0/s1. The number of carbonyl (C=O) groups excluding carboxylic acids is 1. The number of hydrogen-bond donors (Lipinski definition) is 2. The van der Waals surface area contributed by atoms with Crippen molar-refractivity contribution < 1.29 is 24.2 Å². The highest BCUT2D eigenvalue weighted by Gasteiger charge is 2.36. The number of aromatic amines is 1. The number of carbonyl (C=O) groups is 2. The van der Waals surface area contributed by atoms with Crippen LogP contribution in [0.1, 0.15) is 70.2 Å². The number of ether oxygens (including phenoxy) is 2. The topological polar surface area (TPSA) is 164 Å². The summed E-state index contributed by atoms with van der Waals surface area (Å²) in [7, 11) is -1.29. The molecular formula is C39H49N9O5Si. The van der Waals surface area contributed by atoms with Crippen molar-refractivity contribution in [2.24, 2.45) is 0 Å². The molecule has 6 heterocycles. The lowest BCUT2D eigenvalue weighted by Crippen LogP contribution is -2.36. The van der Waals surface area contributed by atoms with Crippen molar-refractivity contribution in [2.75, 3.05) is 19.7 Å². The molecule has 0 unspecified atom stereocenters. The van der Waals surface area contributed by atoms with E-state index in [0.717, 1.165) is 65.0 Å². The molecule has 1 aromatic carbocycles. The average Bonchev–Trinajstić information content (AvgIpc) is 3.95. The van der Waals surface area contributed by atoms with Gasteiger partial charge in [-0.3, -0.25) is 14.8 Å². The van der Waals surface area contributed by atoms with E-state index in [-0.39, 0.29) is 18.2 Å². The third-order valence-corrected chi connectivity index (χ3v) is 11.6. The van der Waals surface area contributed by atoms with Crippen LogP contribution in [0.2, 0.25) is 25.7 Å². The summed E-state index contributed by atoms with van der Waals surface area (Å²) in [6.07, 6.45) is 10.8. The second-order valence-corrected chi connectivity index (χ2v) is 22.0. The molecule has 0 aliphatic carbocycles. The van der Waals surface area contributed by atoms with Crippen LogP contribution in [-0.4, -0.2) is 94.9 Å². The van der Waals surface area contributed by atoms with Crippen LogP contribution in [0.15, 0.2) is 55.2 Å². The van der Waals surface area contributed by atoms with Crippen LogP contribution < -0.4 is 0 Å². The first-order valence-electron chi connectivity index (χ1n) is 18.6. The molecule has 284 valence electrons. The van der Waals surface area contributed by atoms with E-state index in [2.05, 4.69) is 45.6 Å². The SMILES string of the molecule is CC(C)(C)OC(=O)N1CCC[C@H]1c1ncc(-c2cnc(-c3cc4ccc(-c5cnc([C@@H]6CCCN6C(=O)O)n5COCC[Si](C)(C)C)cc4cn3)nc2)[nH]1. The van der Waals surface area contributed by atoms with Crippen LogP contribution in [-0.2, 0) is 16.2 Å². The van der Waals surface area contributed by atoms with Gasteiger partial charge in [0.1, 0.15) is 29.7 Å². The fraction of sp³-hybridized carbons (Fsp3) is 0.462. The zero-order valence-electron chi connectivity index (χ0n) is 31.9. The Balaban J connectivity index is 1.09. The molecular weight excluding hydrogens is 703 g/mol. The minimum Gasteiger partial charge on any atom is -0.465 e. The van der Waals surface area contributed by atoms with E-state index >= 15 is 0 Å². The van der Waals surface area contributed by atoms with E-state index in [9.17, 15) is 14.7 Å². The maximum absolute atomic E-state index is 12.8. The minimum atomic E-state index is -1.29. The number of rotatable bonds is 10. The first-order valence-corrected chi connectivity index (χ1v) is 22.3. The Morgan fingerprint density at radius 3 is 2.33 bits per heavy atom. The number of hydrogen-bond acceptors (Lipinski definition) is 9. The van der Waals surface area contributed by atoms with E-state index in [0.29, 0.717) is 49.6 Å². The molecule has 2 saturated heterocycles. The Morgan fingerprint density at radius 1 is 0.870 bits per heavy atom. The Hall–Kier alpha value is -5.15. The number of likely N-dealkylation sites (tertiary alicyclic amines) is 2. The first kappa shape index (κ1) is 37.2. The average molecular weight is 752 g/mol. The largest absolute Gasteiger partial charge is 0.465 e. The van der Waals surface area contributed by atoms with Gasteiger partial charge < -0.3 is 24.1 Å². The number of pyridine rings is 1. The van der Waals surface area contributed by atoms with E-state index in [4.69, 9.17) is 19.4 Å². The van der Waals surface area contributed by atoms with Gasteiger partial charge in [-0.2, -0.15) is 0 Å². The maximum Gasteiger partial charge on any atom is 0.410 e. The van der Waals surface area contributed by atoms with Crippen molar-refractivity contribution in [1.29, 1.82) is 0 Å². The van der Waals surface area contributed by atoms with Crippen LogP contribution in [0.3, 0.4) is 0 Å². The molecule has 0 bridgehead atoms. The van der Waals surface area contributed by atoms with Gasteiger partial charge in [0, 0.05) is 62.9 Å². The van der Waals surface area contributed by atoms with Gasteiger partial charge in [0.05, 0.1) is 35.9 Å². The fourth-order valence-corrected chi connectivity index (χ4v) is 7.84. The number of nitrogens with zero attached hydrogens (tertiary/aromatic N) is 8. The number of fused-ring (bicyclic) bond motifs is 1. The summed E-state index contributed by atoms with van der Waals surface area (Å²) in [5, 5.41) is 11.8. The van der Waals surface area contributed by atoms with Gasteiger partial charge >= 0.3 is 12.2 Å². The van der Waals surface area contributed by atoms with Gasteiger partial charge in [-0.15, -0.1) is 0 Å². The van der Waals surface area contributed by atoms with Crippen molar-refractivity contribution in [3.63, 3.8) is 0 Å². The molecule has 5 aromatic rings. The lowest BCUT2D eigenvalue weighted by Gasteiger charge is -2.27. The van der Waals surface area contributed by atoms with Crippen molar-refractivity contribution in [2.45, 2.75) is 96.6 Å². The molecule has 2 fully saturated rings. The highest BCUT2D eigenvalue weighted by molar-refractivity contribution is 6.76. The van der Waals surface area contributed by atoms with Gasteiger partial charge in [-0.05, 0) is 70.0 Å². The summed E-state index contributed by atoms with van der Waals surface area (Å²) in [6, 6.07) is 8.67. The predicted molar refractivity (Wildman–Crippen MR) is 207 cm³/mol. The lowest BCUT2D eigenvalue weighted by atomic mass is 10.1. The summed E-state index contributed by atoms with van der Waals surface area (Å²) in [4.78, 5) is 54.8. The quantitative estimate of drug-likeness (QED) is 0.105. The summed E-state index contributed by atoms with van der Waals surface area (Å²) < 4.78 is 13.8. The molecule has 0 saturated carbocycles. The molecule has 2 atom stereocenters. The lowest BCUT2D eigenvalue weighted by molar-refractivity contribution is 0.0218. The molecule has 0 spiro atoms. The second kappa shape index (κ2) is 14.9. The van der Waals surface area contributed by atoms with Gasteiger partial charge in [0.25, 0.3) is 0 Å². The van der Waals surface area contributed by atoms with Gasteiger partial charge in [0.15, 0.2) is 5.82 Å². The van der Waals surface area contributed by atoms with Crippen molar-refractivity contribution in [3.05, 3.63) is 66.9 Å². The van der Waals surface area contributed by atoms with Crippen molar-refractivity contribution in [3.8, 4) is 34.0 Å². The second-order valence-electron chi connectivity index (χ2n) is 16.4. The molecule has 2 amide bonds. The van der Waals surface area contributed by atoms with Gasteiger partial charge in [0.2, 0.25) is 0 Å². The maximum atomic E-state index is 12.8. The zero-order chi connectivity index (χ0) is 38.2. The molecule has 54 heavy (non-hydrogen) atoms. The van der Waals surface area contributed by atoms with Crippen LogP contribution in [0, 0.1) is 0 Å². The summed E-state index contributed by atoms with van der Waals surface area (Å²) in [5.41, 5.74) is 3.42. The van der Waals surface area contributed by atoms with Crippen LogP contribution in [0.4, 0.5) is 9.59 Å². The third-order valence-electron chi connectivity index (χ3n) is 9.90. The fourth-order valence-electron chi connectivity index (χ4n) is 7.09. The molecule has 2 aliphatic rings.